The maximum absolute atomic E-state index is 12.8. The number of rotatable bonds is 2. The van der Waals surface area contributed by atoms with Gasteiger partial charge in [0.05, 0.1) is 6.04 Å². The molecule has 0 aromatic heterocycles. The molecule has 2 saturated heterocycles. The zero-order valence-electron chi connectivity index (χ0n) is 15.7. The molecule has 26 heavy (non-hydrogen) atoms. The van der Waals surface area contributed by atoms with Gasteiger partial charge < -0.3 is 19.9 Å². The number of carbonyl (C=O) groups is 2. The van der Waals surface area contributed by atoms with Crippen LogP contribution in [0.3, 0.4) is 0 Å². The fraction of sp³-hybridized carbons (Fsp3) is 0.600. The lowest BCUT2D eigenvalue weighted by molar-refractivity contribution is -0.139. The molecular weight excluding hydrogens is 330 g/mol. The standard InChI is InChI=1S/C20H29N3O3/c1-16(18-6-4-3-5-7-18)21-19(25)22-11-8-20(9-14-26-15-10-20)23(13-12-22)17(2)24/h3-7,16H,8-15H2,1-2H3,(H,21,25)/t16-/m0/s1. The van der Waals surface area contributed by atoms with Crippen LogP contribution < -0.4 is 5.32 Å². The third-order valence-corrected chi connectivity index (χ3v) is 5.74. The second-order valence-electron chi connectivity index (χ2n) is 7.33. The van der Waals surface area contributed by atoms with E-state index in [-0.39, 0.29) is 23.5 Å². The molecule has 1 aromatic rings. The van der Waals surface area contributed by atoms with Gasteiger partial charge in [-0.25, -0.2) is 4.79 Å². The number of hydrogen-bond acceptors (Lipinski definition) is 3. The number of hydrogen-bond donors (Lipinski definition) is 1. The second kappa shape index (κ2) is 8.08. The number of urea groups is 1. The molecule has 0 saturated carbocycles. The van der Waals surface area contributed by atoms with Crippen molar-refractivity contribution in [2.75, 3.05) is 32.8 Å². The molecule has 6 nitrogen and oxygen atoms in total. The fourth-order valence-electron chi connectivity index (χ4n) is 4.12. The van der Waals surface area contributed by atoms with Gasteiger partial charge in [-0.1, -0.05) is 30.3 Å². The Morgan fingerprint density at radius 1 is 1.08 bits per heavy atom. The zero-order valence-corrected chi connectivity index (χ0v) is 15.7. The van der Waals surface area contributed by atoms with Crippen molar-refractivity contribution >= 4 is 11.9 Å². The first kappa shape index (κ1) is 18.7. The highest BCUT2D eigenvalue weighted by atomic mass is 16.5. The molecule has 2 heterocycles. The third kappa shape index (κ3) is 4.01. The van der Waals surface area contributed by atoms with Crippen molar-refractivity contribution in [1.82, 2.24) is 15.1 Å². The molecule has 1 spiro atoms. The van der Waals surface area contributed by atoms with Crippen LogP contribution in [0.15, 0.2) is 30.3 Å². The summed E-state index contributed by atoms with van der Waals surface area (Å²) in [6, 6.07) is 9.84. The van der Waals surface area contributed by atoms with Crippen LogP contribution in [-0.2, 0) is 9.53 Å². The molecule has 6 heteroatoms. The average Bonchev–Trinajstić information content (AvgIpc) is 2.83. The van der Waals surface area contributed by atoms with Gasteiger partial charge in [-0.3, -0.25) is 4.79 Å². The molecule has 3 rings (SSSR count). The topological polar surface area (TPSA) is 61.9 Å². The van der Waals surface area contributed by atoms with Crippen molar-refractivity contribution in [3.63, 3.8) is 0 Å². The lowest BCUT2D eigenvalue weighted by Crippen LogP contribution is -2.54. The summed E-state index contributed by atoms with van der Waals surface area (Å²) in [6.45, 7) is 6.80. The summed E-state index contributed by atoms with van der Waals surface area (Å²) in [7, 11) is 0. The van der Waals surface area contributed by atoms with E-state index in [0.717, 1.165) is 24.8 Å². The summed E-state index contributed by atoms with van der Waals surface area (Å²) in [5.74, 6) is 0.0896. The Balaban J connectivity index is 1.66. The molecule has 0 radical (unpaired) electrons. The molecule has 0 aliphatic carbocycles. The average molecular weight is 359 g/mol. The van der Waals surface area contributed by atoms with Crippen molar-refractivity contribution in [2.45, 2.75) is 44.7 Å². The predicted octanol–water partition coefficient (Wildman–Crippen LogP) is 2.56. The molecule has 0 unspecified atom stereocenters. The molecule has 2 aliphatic heterocycles. The van der Waals surface area contributed by atoms with E-state index in [2.05, 4.69) is 5.32 Å². The number of carbonyl (C=O) groups excluding carboxylic acids is 2. The van der Waals surface area contributed by atoms with E-state index in [0.29, 0.717) is 32.8 Å². The minimum Gasteiger partial charge on any atom is -0.381 e. The third-order valence-electron chi connectivity index (χ3n) is 5.74. The van der Waals surface area contributed by atoms with E-state index in [1.165, 1.54) is 0 Å². The Labute approximate surface area is 155 Å². The van der Waals surface area contributed by atoms with E-state index < -0.39 is 0 Å². The van der Waals surface area contributed by atoms with Gasteiger partial charge in [0.25, 0.3) is 0 Å². The van der Waals surface area contributed by atoms with E-state index in [9.17, 15) is 9.59 Å². The molecule has 1 atom stereocenters. The monoisotopic (exact) mass is 359 g/mol. The summed E-state index contributed by atoms with van der Waals surface area (Å²) in [6.07, 6.45) is 2.51. The molecule has 3 amide bonds. The van der Waals surface area contributed by atoms with Crippen LogP contribution in [0.25, 0.3) is 0 Å². The molecule has 2 fully saturated rings. The molecule has 1 N–H and O–H groups in total. The van der Waals surface area contributed by atoms with Crippen LogP contribution in [-0.4, -0.2) is 60.1 Å². The lowest BCUT2D eigenvalue weighted by atomic mass is 9.84. The van der Waals surface area contributed by atoms with Gasteiger partial charge in [0.2, 0.25) is 5.91 Å². The normalized spacial score (nSPS) is 21.2. The SMILES string of the molecule is CC(=O)N1CCN(C(=O)N[C@@H](C)c2ccccc2)CCC12CCOCC2. The van der Waals surface area contributed by atoms with Crippen molar-refractivity contribution in [1.29, 1.82) is 0 Å². The highest BCUT2D eigenvalue weighted by molar-refractivity contribution is 5.76. The van der Waals surface area contributed by atoms with E-state index in [1.54, 1.807) is 6.92 Å². The van der Waals surface area contributed by atoms with Crippen LogP contribution in [0.4, 0.5) is 4.79 Å². The lowest BCUT2D eigenvalue weighted by Gasteiger charge is -2.44. The largest absolute Gasteiger partial charge is 0.381 e. The Hall–Kier alpha value is -2.08. The number of ether oxygens (including phenoxy) is 1. The van der Waals surface area contributed by atoms with Crippen LogP contribution >= 0.6 is 0 Å². The van der Waals surface area contributed by atoms with Gasteiger partial charge in [0.1, 0.15) is 0 Å². The van der Waals surface area contributed by atoms with Crippen LogP contribution in [0.5, 0.6) is 0 Å². The summed E-state index contributed by atoms with van der Waals surface area (Å²) < 4.78 is 5.51. The minimum atomic E-state index is -0.163. The summed E-state index contributed by atoms with van der Waals surface area (Å²) in [5.41, 5.74) is 0.923. The first-order valence-corrected chi connectivity index (χ1v) is 9.48. The molecule has 0 bridgehead atoms. The second-order valence-corrected chi connectivity index (χ2v) is 7.33. The fourth-order valence-corrected chi connectivity index (χ4v) is 4.12. The maximum Gasteiger partial charge on any atom is 0.317 e. The molecule has 142 valence electrons. The summed E-state index contributed by atoms with van der Waals surface area (Å²) in [5, 5.41) is 3.09. The van der Waals surface area contributed by atoms with Crippen LogP contribution in [0.2, 0.25) is 0 Å². The van der Waals surface area contributed by atoms with Crippen molar-refractivity contribution in [2.24, 2.45) is 0 Å². The van der Waals surface area contributed by atoms with Crippen molar-refractivity contribution in [3.05, 3.63) is 35.9 Å². The highest BCUT2D eigenvalue weighted by Gasteiger charge is 2.42. The van der Waals surface area contributed by atoms with E-state index in [1.807, 2.05) is 47.1 Å². The number of amides is 3. The van der Waals surface area contributed by atoms with Crippen LogP contribution in [0, 0.1) is 0 Å². The number of nitrogens with one attached hydrogen (secondary N) is 1. The maximum atomic E-state index is 12.8. The van der Waals surface area contributed by atoms with Crippen molar-refractivity contribution in [3.8, 4) is 0 Å². The molecule has 1 aromatic carbocycles. The summed E-state index contributed by atoms with van der Waals surface area (Å²) in [4.78, 5) is 28.8. The van der Waals surface area contributed by atoms with Crippen molar-refractivity contribution < 1.29 is 14.3 Å². The van der Waals surface area contributed by atoms with Gasteiger partial charge in [0.15, 0.2) is 0 Å². The first-order chi connectivity index (χ1) is 12.5. The van der Waals surface area contributed by atoms with E-state index in [4.69, 9.17) is 4.74 Å². The van der Waals surface area contributed by atoms with Crippen LogP contribution in [0.1, 0.15) is 44.7 Å². The van der Waals surface area contributed by atoms with Gasteiger partial charge in [-0.05, 0) is 31.7 Å². The Kier molecular flexibility index (Phi) is 5.81. The quantitative estimate of drug-likeness (QED) is 0.883. The Morgan fingerprint density at radius 3 is 2.42 bits per heavy atom. The van der Waals surface area contributed by atoms with E-state index >= 15 is 0 Å². The van der Waals surface area contributed by atoms with Gasteiger partial charge in [-0.2, -0.15) is 0 Å². The van der Waals surface area contributed by atoms with Gasteiger partial charge >= 0.3 is 6.03 Å². The zero-order chi connectivity index (χ0) is 18.6. The highest BCUT2D eigenvalue weighted by Crippen LogP contribution is 2.33. The predicted molar refractivity (Wildman–Crippen MR) is 99.7 cm³/mol. The van der Waals surface area contributed by atoms with Gasteiger partial charge in [-0.15, -0.1) is 0 Å². The Morgan fingerprint density at radius 2 is 1.77 bits per heavy atom. The number of benzene rings is 1. The summed E-state index contributed by atoms with van der Waals surface area (Å²) >= 11 is 0. The number of nitrogens with zero attached hydrogens (tertiary/aromatic N) is 2. The first-order valence-electron chi connectivity index (χ1n) is 9.48. The minimum absolute atomic E-state index is 0.0482. The molecular formula is C20H29N3O3. The van der Waals surface area contributed by atoms with Gasteiger partial charge in [0, 0.05) is 45.3 Å². The molecule has 2 aliphatic rings. The smallest absolute Gasteiger partial charge is 0.317 e. The Bertz CT molecular complexity index is 628.